The lowest BCUT2D eigenvalue weighted by Gasteiger charge is -2.36. The number of anilines is 1. The van der Waals surface area contributed by atoms with Crippen LogP contribution in [0.1, 0.15) is 17.3 Å². The second-order valence-corrected chi connectivity index (χ2v) is 5.88. The number of nitriles is 1. The highest BCUT2D eigenvalue weighted by Crippen LogP contribution is 2.33. The minimum Gasteiger partial charge on any atom is -0.384 e. The maximum absolute atomic E-state index is 13.3. The molecule has 0 bridgehead atoms. The number of nitrogens with zero attached hydrogens (tertiary/aromatic N) is 3. The molecule has 7 nitrogen and oxygen atoms in total. The van der Waals surface area contributed by atoms with Crippen LogP contribution in [-0.4, -0.2) is 29.4 Å². The molecule has 1 aromatic carbocycles. The summed E-state index contributed by atoms with van der Waals surface area (Å²) in [6, 6.07) is 13.7. The Morgan fingerprint density at radius 3 is 2.63 bits per heavy atom. The highest BCUT2D eigenvalue weighted by molar-refractivity contribution is 6.17. The quantitative estimate of drug-likeness (QED) is 0.644. The van der Waals surface area contributed by atoms with E-state index in [-0.39, 0.29) is 18.0 Å². The van der Waals surface area contributed by atoms with Crippen molar-refractivity contribution in [3.05, 3.63) is 71.8 Å². The van der Waals surface area contributed by atoms with Crippen molar-refractivity contribution in [1.82, 2.24) is 4.98 Å². The zero-order valence-corrected chi connectivity index (χ0v) is 14.7. The molecule has 2 N–H and O–H groups in total. The van der Waals surface area contributed by atoms with Crippen molar-refractivity contribution in [2.24, 2.45) is 11.7 Å². The lowest BCUT2D eigenvalue weighted by atomic mass is 9.84. The molecule has 0 aliphatic carbocycles. The van der Waals surface area contributed by atoms with Crippen LogP contribution in [-0.2, 0) is 9.53 Å². The van der Waals surface area contributed by atoms with Crippen LogP contribution in [0, 0.1) is 17.2 Å². The summed E-state index contributed by atoms with van der Waals surface area (Å²) >= 11 is 0. The average molecular weight is 362 g/mol. The second kappa shape index (κ2) is 7.81. The summed E-state index contributed by atoms with van der Waals surface area (Å²) in [6.07, 6.45) is 1.97. The van der Waals surface area contributed by atoms with Crippen molar-refractivity contribution < 1.29 is 14.3 Å². The van der Waals surface area contributed by atoms with Crippen LogP contribution in [0.25, 0.3) is 0 Å². The summed E-state index contributed by atoms with van der Waals surface area (Å²) in [5, 5.41) is 9.65. The van der Waals surface area contributed by atoms with Gasteiger partial charge in [0.1, 0.15) is 29.5 Å². The fraction of sp³-hybridized carbons (Fsp3) is 0.200. The molecular weight excluding hydrogens is 344 g/mol. The minimum atomic E-state index is -1.21. The lowest BCUT2D eigenvalue weighted by Crippen LogP contribution is -2.53. The largest absolute Gasteiger partial charge is 0.384 e. The smallest absolute Gasteiger partial charge is 0.246 e. The van der Waals surface area contributed by atoms with Crippen molar-refractivity contribution >= 4 is 17.4 Å². The number of rotatable bonds is 5. The molecule has 0 saturated carbocycles. The number of benzene rings is 1. The van der Waals surface area contributed by atoms with E-state index < -0.39 is 23.7 Å². The number of carbonyl (C=O) groups is 2. The maximum atomic E-state index is 13.3. The van der Waals surface area contributed by atoms with E-state index in [1.54, 1.807) is 55.6 Å². The second-order valence-electron chi connectivity index (χ2n) is 5.88. The molecule has 1 aliphatic rings. The van der Waals surface area contributed by atoms with Crippen LogP contribution in [0.4, 0.5) is 5.69 Å². The number of carbonyl (C=O) groups excluding carboxylic acids is 2. The first kappa shape index (κ1) is 18.3. The van der Waals surface area contributed by atoms with Gasteiger partial charge in [0.05, 0.1) is 11.9 Å². The van der Waals surface area contributed by atoms with Crippen LogP contribution in [0.5, 0.6) is 0 Å². The molecule has 0 radical (unpaired) electrons. The van der Waals surface area contributed by atoms with Gasteiger partial charge in [-0.25, -0.2) is 0 Å². The van der Waals surface area contributed by atoms with Crippen LogP contribution in [0.3, 0.4) is 0 Å². The standard InChI is InChI=1S/C20H18N4O3/c1-2-27-18-15(11-21)19(22)24(14-9-6-10-23-12-14)20(26)16(18)17(25)13-7-4-3-5-8-13/h3-10,12,16,18H,2,22H2,1H3. The molecule has 0 spiro atoms. The molecule has 3 rings (SSSR count). The molecule has 1 aliphatic heterocycles. The van der Waals surface area contributed by atoms with E-state index in [0.29, 0.717) is 11.3 Å². The summed E-state index contributed by atoms with van der Waals surface area (Å²) < 4.78 is 5.62. The lowest BCUT2D eigenvalue weighted by molar-refractivity contribution is -0.124. The summed E-state index contributed by atoms with van der Waals surface area (Å²) in [5.41, 5.74) is 6.92. The molecule has 136 valence electrons. The first-order chi connectivity index (χ1) is 13.1. The summed E-state index contributed by atoms with van der Waals surface area (Å²) in [5.74, 6) is -2.24. The normalized spacial score (nSPS) is 19.7. The number of aromatic nitrogens is 1. The zero-order chi connectivity index (χ0) is 19.4. The van der Waals surface area contributed by atoms with Gasteiger partial charge in [0.25, 0.3) is 0 Å². The van der Waals surface area contributed by atoms with Crippen LogP contribution < -0.4 is 10.6 Å². The Hall–Kier alpha value is -3.50. The number of ketones is 1. The van der Waals surface area contributed by atoms with Gasteiger partial charge in [-0.3, -0.25) is 19.5 Å². The molecule has 1 amide bonds. The van der Waals surface area contributed by atoms with E-state index in [2.05, 4.69) is 4.98 Å². The molecule has 2 heterocycles. The van der Waals surface area contributed by atoms with Crippen LogP contribution in [0.2, 0.25) is 0 Å². The Morgan fingerprint density at radius 2 is 2.04 bits per heavy atom. The van der Waals surface area contributed by atoms with Gasteiger partial charge in [0, 0.05) is 18.4 Å². The van der Waals surface area contributed by atoms with Crippen molar-refractivity contribution in [2.75, 3.05) is 11.5 Å². The van der Waals surface area contributed by atoms with Crippen molar-refractivity contribution in [2.45, 2.75) is 13.0 Å². The predicted octanol–water partition coefficient (Wildman–Crippen LogP) is 2.03. The fourth-order valence-electron chi connectivity index (χ4n) is 3.08. The highest BCUT2D eigenvalue weighted by atomic mass is 16.5. The van der Waals surface area contributed by atoms with E-state index in [9.17, 15) is 14.9 Å². The number of amides is 1. The van der Waals surface area contributed by atoms with Gasteiger partial charge in [0.2, 0.25) is 5.91 Å². The Morgan fingerprint density at radius 1 is 1.30 bits per heavy atom. The van der Waals surface area contributed by atoms with E-state index in [1.165, 1.54) is 6.20 Å². The maximum Gasteiger partial charge on any atom is 0.246 e. The molecule has 27 heavy (non-hydrogen) atoms. The SMILES string of the molecule is CCOC1C(C#N)=C(N)N(c2cccnc2)C(=O)C1C(=O)c1ccccc1. The van der Waals surface area contributed by atoms with Crippen LogP contribution in [0.15, 0.2) is 66.3 Å². The molecule has 2 unspecified atom stereocenters. The van der Waals surface area contributed by atoms with Gasteiger partial charge in [0.15, 0.2) is 5.78 Å². The zero-order valence-electron chi connectivity index (χ0n) is 14.7. The van der Waals surface area contributed by atoms with E-state index >= 15 is 0 Å². The first-order valence-corrected chi connectivity index (χ1v) is 8.44. The Balaban J connectivity index is 2.15. The number of hydrogen-bond acceptors (Lipinski definition) is 6. The van der Waals surface area contributed by atoms with Gasteiger partial charge in [-0.05, 0) is 19.1 Å². The molecule has 1 aromatic heterocycles. The van der Waals surface area contributed by atoms with Gasteiger partial charge < -0.3 is 10.5 Å². The third-order valence-electron chi connectivity index (χ3n) is 4.30. The van der Waals surface area contributed by atoms with Gasteiger partial charge >= 0.3 is 0 Å². The number of pyridine rings is 1. The fourth-order valence-corrected chi connectivity index (χ4v) is 3.08. The van der Waals surface area contributed by atoms with E-state index in [0.717, 1.165) is 4.90 Å². The summed E-state index contributed by atoms with van der Waals surface area (Å²) in [4.78, 5) is 31.5. The molecule has 2 atom stereocenters. The van der Waals surface area contributed by atoms with Crippen molar-refractivity contribution in [3.63, 3.8) is 0 Å². The van der Waals surface area contributed by atoms with Crippen molar-refractivity contribution in [1.29, 1.82) is 5.26 Å². The Bertz CT molecular complexity index is 919. The monoisotopic (exact) mass is 362 g/mol. The topological polar surface area (TPSA) is 109 Å². The Kier molecular flexibility index (Phi) is 5.29. The number of ether oxygens (including phenoxy) is 1. The third-order valence-corrected chi connectivity index (χ3v) is 4.30. The minimum absolute atomic E-state index is 0.0499. The average Bonchev–Trinajstić information content (AvgIpc) is 2.70. The molecule has 0 fully saturated rings. The van der Waals surface area contributed by atoms with Gasteiger partial charge in [-0.2, -0.15) is 5.26 Å². The van der Waals surface area contributed by atoms with E-state index in [4.69, 9.17) is 10.5 Å². The van der Waals surface area contributed by atoms with Crippen LogP contribution >= 0.6 is 0 Å². The van der Waals surface area contributed by atoms with Gasteiger partial charge in [-0.1, -0.05) is 30.3 Å². The Labute approximate surface area is 156 Å². The highest BCUT2D eigenvalue weighted by Gasteiger charge is 2.47. The molecule has 7 heteroatoms. The molecular formula is C20H18N4O3. The number of Topliss-reactive ketones (excluding diaryl/α,β-unsaturated/α-hetero) is 1. The molecule has 2 aromatic rings. The van der Waals surface area contributed by atoms with E-state index in [1.807, 2.05) is 6.07 Å². The summed E-state index contributed by atoms with van der Waals surface area (Å²) in [6.45, 7) is 1.95. The number of nitrogens with two attached hydrogens (primary N) is 1. The first-order valence-electron chi connectivity index (χ1n) is 8.44. The molecule has 0 saturated heterocycles. The summed E-state index contributed by atoms with van der Waals surface area (Å²) in [7, 11) is 0. The van der Waals surface area contributed by atoms with Crippen molar-refractivity contribution in [3.8, 4) is 6.07 Å². The van der Waals surface area contributed by atoms with Gasteiger partial charge in [-0.15, -0.1) is 0 Å². The number of hydrogen-bond donors (Lipinski definition) is 1. The third kappa shape index (κ3) is 3.30. The predicted molar refractivity (Wildman–Crippen MR) is 98.2 cm³/mol.